The molecule has 0 saturated heterocycles. The number of ketones is 1. The molecule has 0 heterocycles. The third-order valence-corrected chi connectivity index (χ3v) is 3.51. The average Bonchev–Trinajstić information content (AvgIpc) is 2.45. The van der Waals surface area contributed by atoms with E-state index >= 15 is 0 Å². The summed E-state index contributed by atoms with van der Waals surface area (Å²) in [4.78, 5) is 34.9. The molecular weight excluding hydrogens is 343 g/mol. The normalized spacial score (nSPS) is 12.0. The maximum absolute atomic E-state index is 12.0. The number of carbonyl (C=O) groups is 3. The molecular formula is C15H18Cl2N2O4. The van der Waals surface area contributed by atoms with Gasteiger partial charge < -0.3 is 5.11 Å². The van der Waals surface area contributed by atoms with Gasteiger partial charge in [-0.1, -0.05) is 37.0 Å². The van der Waals surface area contributed by atoms with E-state index in [4.69, 9.17) is 28.3 Å². The first-order chi connectivity index (χ1) is 10.7. The number of halogens is 2. The number of nitrogens with one attached hydrogen (secondary N) is 2. The fourth-order valence-electron chi connectivity index (χ4n) is 1.86. The van der Waals surface area contributed by atoms with Crippen molar-refractivity contribution in [1.29, 1.82) is 0 Å². The number of rotatable bonds is 8. The summed E-state index contributed by atoms with van der Waals surface area (Å²) in [7, 11) is 0. The summed E-state index contributed by atoms with van der Waals surface area (Å²) < 4.78 is 0. The molecule has 8 heteroatoms. The summed E-state index contributed by atoms with van der Waals surface area (Å²) in [5, 5.41) is 9.58. The Morgan fingerprint density at radius 2 is 1.87 bits per heavy atom. The molecule has 0 unspecified atom stereocenters. The van der Waals surface area contributed by atoms with Crippen molar-refractivity contribution < 1.29 is 19.5 Å². The van der Waals surface area contributed by atoms with Crippen molar-refractivity contribution >= 4 is 40.9 Å². The summed E-state index contributed by atoms with van der Waals surface area (Å²) in [5.74, 6) is -2.11. The molecule has 6 nitrogen and oxygen atoms in total. The van der Waals surface area contributed by atoms with E-state index in [-0.39, 0.29) is 16.5 Å². The fraction of sp³-hybridized carbons (Fsp3) is 0.400. The third-order valence-electron chi connectivity index (χ3n) is 2.94. The van der Waals surface area contributed by atoms with Gasteiger partial charge in [-0.25, -0.2) is 5.43 Å². The predicted molar refractivity (Wildman–Crippen MR) is 87.6 cm³/mol. The molecule has 126 valence electrons. The average molecular weight is 361 g/mol. The molecule has 0 fully saturated rings. The number of carbonyl (C=O) groups excluding carboxylic acids is 2. The Labute approximate surface area is 144 Å². The van der Waals surface area contributed by atoms with Crippen molar-refractivity contribution in [3.8, 4) is 0 Å². The zero-order valence-corrected chi connectivity index (χ0v) is 14.2. The minimum Gasteiger partial charge on any atom is -0.480 e. The molecule has 0 aliphatic heterocycles. The van der Waals surface area contributed by atoms with Crippen molar-refractivity contribution in [3.05, 3.63) is 33.8 Å². The van der Waals surface area contributed by atoms with E-state index < -0.39 is 30.1 Å². The highest BCUT2D eigenvalue weighted by Crippen LogP contribution is 2.21. The second-order valence-electron chi connectivity index (χ2n) is 5.44. The number of amides is 1. The summed E-state index contributed by atoms with van der Waals surface area (Å²) in [5.41, 5.74) is 4.80. The predicted octanol–water partition coefficient (Wildman–Crippen LogP) is 2.69. The molecule has 1 atom stereocenters. The van der Waals surface area contributed by atoms with Crippen molar-refractivity contribution in [2.75, 3.05) is 0 Å². The van der Waals surface area contributed by atoms with Crippen LogP contribution in [-0.2, 0) is 9.59 Å². The first-order valence-corrected chi connectivity index (χ1v) is 7.71. The van der Waals surface area contributed by atoms with Crippen molar-refractivity contribution in [2.24, 2.45) is 5.92 Å². The number of carboxylic acid groups (broad SMARTS) is 1. The molecule has 1 aromatic rings. The molecule has 1 amide bonds. The molecule has 0 aliphatic rings. The number of aliphatic carboxylic acids is 1. The van der Waals surface area contributed by atoms with E-state index in [0.717, 1.165) is 0 Å². The van der Waals surface area contributed by atoms with Crippen LogP contribution in [-0.4, -0.2) is 28.8 Å². The van der Waals surface area contributed by atoms with Gasteiger partial charge in [0.25, 0.3) is 0 Å². The fourth-order valence-corrected chi connectivity index (χ4v) is 2.25. The number of carboxylic acids is 1. The maximum Gasteiger partial charge on any atom is 0.322 e. The standard InChI is InChI=1S/C15H18Cl2N2O4/c1-8(2)5-12(15(22)23)18-19-14(21)7-13(20)10-6-9(16)3-4-11(10)17/h3-4,6,8,12,18H,5,7H2,1-2H3,(H,19,21)(H,22,23)/t12-/m1/s1. The van der Waals surface area contributed by atoms with Crippen LogP contribution in [0.2, 0.25) is 10.0 Å². The summed E-state index contributed by atoms with van der Waals surface area (Å²) in [6.45, 7) is 3.73. The Bertz CT molecular complexity index is 605. The first-order valence-electron chi connectivity index (χ1n) is 6.96. The Morgan fingerprint density at radius 3 is 2.43 bits per heavy atom. The highest BCUT2D eigenvalue weighted by molar-refractivity contribution is 6.36. The van der Waals surface area contributed by atoms with E-state index in [0.29, 0.717) is 11.4 Å². The number of hydrogen-bond donors (Lipinski definition) is 3. The van der Waals surface area contributed by atoms with Gasteiger partial charge in [0.05, 0.1) is 11.4 Å². The van der Waals surface area contributed by atoms with Crippen LogP contribution in [0.1, 0.15) is 37.0 Å². The van der Waals surface area contributed by atoms with Crippen LogP contribution >= 0.6 is 23.2 Å². The van der Waals surface area contributed by atoms with E-state index in [1.165, 1.54) is 18.2 Å². The molecule has 23 heavy (non-hydrogen) atoms. The lowest BCUT2D eigenvalue weighted by atomic mass is 10.0. The Hall–Kier alpha value is -1.63. The van der Waals surface area contributed by atoms with Crippen LogP contribution in [0.15, 0.2) is 18.2 Å². The van der Waals surface area contributed by atoms with Crippen molar-refractivity contribution in [1.82, 2.24) is 10.9 Å². The molecule has 0 radical (unpaired) electrons. The SMILES string of the molecule is CC(C)C[C@@H](NNC(=O)CC(=O)c1cc(Cl)ccc1Cl)C(=O)O. The minimum absolute atomic E-state index is 0.132. The summed E-state index contributed by atoms with van der Waals surface area (Å²) in [6, 6.07) is 3.46. The lowest BCUT2D eigenvalue weighted by Gasteiger charge is -2.17. The van der Waals surface area contributed by atoms with E-state index in [1.807, 2.05) is 13.8 Å². The number of Topliss-reactive ketones (excluding diaryl/α,β-unsaturated/α-hetero) is 1. The van der Waals surface area contributed by atoms with Crippen LogP contribution in [0, 0.1) is 5.92 Å². The van der Waals surface area contributed by atoms with E-state index in [1.54, 1.807) is 0 Å². The van der Waals surface area contributed by atoms with E-state index in [9.17, 15) is 14.4 Å². The van der Waals surface area contributed by atoms with Gasteiger partial charge in [-0.2, -0.15) is 0 Å². The second-order valence-corrected chi connectivity index (χ2v) is 6.28. The van der Waals surface area contributed by atoms with Crippen molar-refractivity contribution in [3.63, 3.8) is 0 Å². The van der Waals surface area contributed by atoms with Gasteiger partial charge in [0.1, 0.15) is 6.04 Å². The lowest BCUT2D eigenvalue weighted by molar-refractivity contribution is -0.140. The van der Waals surface area contributed by atoms with Crippen molar-refractivity contribution in [2.45, 2.75) is 32.7 Å². The molecule has 0 aliphatic carbocycles. The highest BCUT2D eigenvalue weighted by atomic mass is 35.5. The van der Waals surface area contributed by atoms with Gasteiger partial charge in [0.2, 0.25) is 5.91 Å². The second kappa shape index (κ2) is 8.86. The van der Waals surface area contributed by atoms with Crippen LogP contribution in [0.4, 0.5) is 0 Å². The molecule has 0 spiro atoms. The number of hydrogen-bond acceptors (Lipinski definition) is 4. The van der Waals surface area contributed by atoms with Gasteiger partial charge in [0, 0.05) is 10.6 Å². The molecule has 0 aromatic heterocycles. The largest absolute Gasteiger partial charge is 0.480 e. The van der Waals surface area contributed by atoms with Gasteiger partial charge >= 0.3 is 5.97 Å². The Morgan fingerprint density at radius 1 is 1.22 bits per heavy atom. The molecule has 0 saturated carbocycles. The van der Waals surface area contributed by atoms with Crippen LogP contribution < -0.4 is 10.9 Å². The van der Waals surface area contributed by atoms with Gasteiger partial charge in [0.15, 0.2) is 5.78 Å². The molecule has 3 N–H and O–H groups in total. The Kier molecular flexibility index (Phi) is 7.48. The van der Waals surface area contributed by atoms with Crippen LogP contribution in [0.25, 0.3) is 0 Å². The summed E-state index contributed by atoms with van der Waals surface area (Å²) >= 11 is 11.7. The lowest BCUT2D eigenvalue weighted by Crippen LogP contribution is -2.49. The Balaban J connectivity index is 2.60. The van der Waals surface area contributed by atoms with Crippen LogP contribution in [0.3, 0.4) is 0 Å². The smallest absolute Gasteiger partial charge is 0.322 e. The summed E-state index contributed by atoms with van der Waals surface area (Å²) in [6.07, 6.45) is -0.134. The first kappa shape index (κ1) is 19.4. The molecule has 1 rings (SSSR count). The number of hydrazine groups is 1. The highest BCUT2D eigenvalue weighted by Gasteiger charge is 2.20. The maximum atomic E-state index is 12.0. The quantitative estimate of drug-likeness (QED) is 0.376. The van der Waals surface area contributed by atoms with E-state index in [2.05, 4.69) is 10.9 Å². The zero-order chi connectivity index (χ0) is 17.6. The minimum atomic E-state index is -1.08. The van der Waals surface area contributed by atoms with Crippen LogP contribution in [0.5, 0.6) is 0 Å². The van der Waals surface area contributed by atoms with Gasteiger partial charge in [-0.3, -0.25) is 19.8 Å². The van der Waals surface area contributed by atoms with Gasteiger partial charge in [-0.05, 0) is 30.5 Å². The van der Waals surface area contributed by atoms with Gasteiger partial charge in [-0.15, -0.1) is 0 Å². The zero-order valence-electron chi connectivity index (χ0n) is 12.7. The monoisotopic (exact) mass is 360 g/mol. The third kappa shape index (κ3) is 6.56. The molecule has 0 bridgehead atoms. The molecule has 1 aromatic carbocycles. The number of benzene rings is 1. The topological polar surface area (TPSA) is 95.5 Å².